The van der Waals surface area contributed by atoms with E-state index in [1.54, 1.807) is 10.4 Å². The zero-order chi connectivity index (χ0) is 15.5. The van der Waals surface area contributed by atoms with Crippen molar-refractivity contribution in [2.24, 2.45) is 5.92 Å². The Morgan fingerprint density at radius 1 is 1.45 bits per heavy atom. The Bertz CT molecular complexity index is 687. The second kappa shape index (κ2) is 6.23. The van der Waals surface area contributed by atoms with E-state index in [1.807, 2.05) is 24.3 Å². The normalized spacial score (nSPS) is 17.8. The van der Waals surface area contributed by atoms with E-state index in [9.17, 15) is 9.59 Å². The quantitative estimate of drug-likeness (QED) is 0.937. The van der Waals surface area contributed by atoms with Crippen LogP contribution in [-0.2, 0) is 16.0 Å². The van der Waals surface area contributed by atoms with Crippen LogP contribution in [0.4, 0.5) is 10.8 Å². The van der Waals surface area contributed by atoms with Gasteiger partial charge in [-0.25, -0.2) is 0 Å². The van der Waals surface area contributed by atoms with Gasteiger partial charge in [0.2, 0.25) is 16.9 Å². The van der Waals surface area contributed by atoms with Crippen molar-refractivity contribution in [3.05, 3.63) is 35.3 Å². The van der Waals surface area contributed by atoms with Crippen molar-refractivity contribution in [2.45, 2.75) is 19.8 Å². The average molecular weight is 316 g/mol. The summed E-state index contributed by atoms with van der Waals surface area (Å²) >= 11 is 1.26. The number of anilines is 2. The molecule has 2 amide bonds. The predicted molar refractivity (Wildman–Crippen MR) is 84.8 cm³/mol. The number of aromatic nitrogens is 2. The molecule has 114 valence electrons. The van der Waals surface area contributed by atoms with Gasteiger partial charge in [0.25, 0.3) is 0 Å². The largest absolute Gasteiger partial charge is 0.311 e. The van der Waals surface area contributed by atoms with Gasteiger partial charge in [-0.1, -0.05) is 36.5 Å². The standard InChI is InChI=1S/C15H16N4O2S/c1-2-10-5-3-4-6-12(10)19-8-11(7-13(19)20)14(21)17-15-18-16-9-22-15/h3-6,9,11H,2,7-8H2,1H3,(H,17,18,21)/t11-/m0/s1. The van der Waals surface area contributed by atoms with Crippen molar-refractivity contribution in [3.63, 3.8) is 0 Å². The summed E-state index contributed by atoms with van der Waals surface area (Å²) in [7, 11) is 0. The molecule has 0 unspecified atom stereocenters. The van der Waals surface area contributed by atoms with E-state index in [4.69, 9.17) is 0 Å². The number of para-hydroxylation sites is 1. The Morgan fingerprint density at radius 2 is 2.27 bits per heavy atom. The van der Waals surface area contributed by atoms with Gasteiger partial charge in [0.1, 0.15) is 5.51 Å². The summed E-state index contributed by atoms with van der Waals surface area (Å²) in [6, 6.07) is 7.82. The fraction of sp³-hybridized carbons (Fsp3) is 0.333. The highest BCUT2D eigenvalue weighted by Gasteiger charge is 2.36. The van der Waals surface area contributed by atoms with Crippen LogP contribution < -0.4 is 10.2 Å². The molecule has 1 aliphatic heterocycles. The molecule has 1 aromatic heterocycles. The number of amides is 2. The number of nitrogens with one attached hydrogen (secondary N) is 1. The lowest BCUT2D eigenvalue weighted by Crippen LogP contribution is -2.28. The van der Waals surface area contributed by atoms with Gasteiger partial charge in [0.05, 0.1) is 5.92 Å². The summed E-state index contributed by atoms with van der Waals surface area (Å²) < 4.78 is 0. The Hall–Kier alpha value is -2.28. The predicted octanol–water partition coefficient (Wildman–Crippen LogP) is 2.09. The van der Waals surface area contributed by atoms with E-state index in [-0.39, 0.29) is 24.2 Å². The van der Waals surface area contributed by atoms with Gasteiger partial charge in [-0.15, -0.1) is 10.2 Å². The molecule has 3 rings (SSSR count). The molecule has 0 spiro atoms. The number of benzene rings is 1. The van der Waals surface area contributed by atoms with Crippen molar-refractivity contribution in [1.82, 2.24) is 10.2 Å². The fourth-order valence-electron chi connectivity index (χ4n) is 2.62. The molecular formula is C15H16N4O2S. The summed E-state index contributed by atoms with van der Waals surface area (Å²) in [5, 5.41) is 10.6. The van der Waals surface area contributed by atoms with E-state index < -0.39 is 0 Å². The maximum absolute atomic E-state index is 12.3. The third-order valence-electron chi connectivity index (χ3n) is 3.75. The molecule has 1 aliphatic rings. The summed E-state index contributed by atoms with van der Waals surface area (Å²) in [5.41, 5.74) is 3.57. The van der Waals surface area contributed by atoms with Gasteiger partial charge < -0.3 is 10.2 Å². The highest BCUT2D eigenvalue weighted by atomic mass is 32.1. The minimum atomic E-state index is -0.360. The Kier molecular flexibility index (Phi) is 4.15. The molecule has 1 saturated heterocycles. The van der Waals surface area contributed by atoms with Crippen LogP contribution in [0.1, 0.15) is 18.9 Å². The van der Waals surface area contributed by atoms with E-state index in [0.717, 1.165) is 17.7 Å². The lowest BCUT2D eigenvalue weighted by molar-refractivity contribution is -0.122. The number of hydrogen-bond acceptors (Lipinski definition) is 5. The first-order valence-corrected chi connectivity index (χ1v) is 8.02. The lowest BCUT2D eigenvalue weighted by Gasteiger charge is -2.19. The van der Waals surface area contributed by atoms with Crippen molar-refractivity contribution in [2.75, 3.05) is 16.8 Å². The first-order chi connectivity index (χ1) is 10.7. The van der Waals surface area contributed by atoms with Crippen LogP contribution in [0.15, 0.2) is 29.8 Å². The lowest BCUT2D eigenvalue weighted by atomic mass is 10.1. The Morgan fingerprint density at radius 3 is 3.00 bits per heavy atom. The van der Waals surface area contributed by atoms with Crippen molar-refractivity contribution in [1.29, 1.82) is 0 Å². The first-order valence-electron chi connectivity index (χ1n) is 7.14. The fourth-order valence-corrected chi connectivity index (χ4v) is 3.07. The molecule has 0 aliphatic carbocycles. The number of carbonyl (C=O) groups excluding carboxylic acids is 2. The van der Waals surface area contributed by atoms with Crippen LogP contribution in [0, 0.1) is 5.92 Å². The molecule has 2 heterocycles. The zero-order valence-electron chi connectivity index (χ0n) is 12.2. The monoisotopic (exact) mass is 316 g/mol. The van der Waals surface area contributed by atoms with E-state index in [1.165, 1.54) is 11.3 Å². The first kappa shape index (κ1) is 14.6. The van der Waals surface area contributed by atoms with Gasteiger partial charge in [-0.3, -0.25) is 9.59 Å². The van der Waals surface area contributed by atoms with Crippen LogP contribution >= 0.6 is 11.3 Å². The van der Waals surface area contributed by atoms with Crippen LogP contribution in [0.3, 0.4) is 0 Å². The van der Waals surface area contributed by atoms with E-state index in [0.29, 0.717) is 11.7 Å². The van der Waals surface area contributed by atoms with Crippen molar-refractivity contribution < 1.29 is 9.59 Å². The van der Waals surface area contributed by atoms with Crippen LogP contribution in [0.2, 0.25) is 0 Å². The van der Waals surface area contributed by atoms with E-state index in [2.05, 4.69) is 22.4 Å². The number of nitrogens with zero attached hydrogens (tertiary/aromatic N) is 3. The molecule has 0 saturated carbocycles. The zero-order valence-corrected chi connectivity index (χ0v) is 13.0. The van der Waals surface area contributed by atoms with Crippen molar-refractivity contribution in [3.8, 4) is 0 Å². The number of aryl methyl sites for hydroxylation is 1. The SMILES string of the molecule is CCc1ccccc1N1C[C@@H](C(=O)Nc2nncs2)CC1=O. The molecule has 1 N–H and O–H groups in total. The number of rotatable bonds is 4. The molecule has 7 heteroatoms. The molecule has 2 aromatic rings. The minimum absolute atomic E-state index is 0.0155. The van der Waals surface area contributed by atoms with E-state index >= 15 is 0 Å². The Labute approximate surface area is 132 Å². The molecular weight excluding hydrogens is 300 g/mol. The maximum atomic E-state index is 12.3. The third kappa shape index (κ3) is 2.85. The van der Waals surface area contributed by atoms with Gasteiger partial charge in [-0.2, -0.15) is 0 Å². The second-order valence-electron chi connectivity index (χ2n) is 5.12. The highest BCUT2D eigenvalue weighted by Crippen LogP contribution is 2.29. The van der Waals surface area contributed by atoms with Crippen molar-refractivity contribution >= 4 is 34.0 Å². The average Bonchev–Trinajstić information content (AvgIpc) is 3.16. The molecule has 1 atom stereocenters. The molecule has 1 aromatic carbocycles. The van der Waals surface area contributed by atoms with Crippen LogP contribution in [-0.4, -0.2) is 28.6 Å². The smallest absolute Gasteiger partial charge is 0.231 e. The molecule has 0 radical (unpaired) electrons. The van der Waals surface area contributed by atoms with Gasteiger partial charge in [-0.05, 0) is 18.1 Å². The number of hydrogen-bond donors (Lipinski definition) is 1. The Balaban J connectivity index is 1.74. The van der Waals surface area contributed by atoms with Gasteiger partial charge >= 0.3 is 0 Å². The van der Waals surface area contributed by atoms with Gasteiger partial charge in [0.15, 0.2) is 0 Å². The second-order valence-corrected chi connectivity index (χ2v) is 5.95. The summed E-state index contributed by atoms with van der Waals surface area (Å²) in [5.74, 6) is -0.554. The minimum Gasteiger partial charge on any atom is -0.311 e. The highest BCUT2D eigenvalue weighted by molar-refractivity contribution is 7.13. The maximum Gasteiger partial charge on any atom is 0.231 e. The molecule has 1 fully saturated rings. The van der Waals surface area contributed by atoms with Gasteiger partial charge in [0, 0.05) is 18.7 Å². The summed E-state index contributed by atoms with van der Waals surface area (Å²) in [6.07, 6.45) is 1.07. The summed E-state index contributed by atoms with van der Waals surface area (Å²) in [4.78, 5) is 26.2. The van der Waals surface area contributed by atoms with Crippen LogP contribution in [0.5, 0.6) is 0 Å². The molecule has 0 bridgehead atoms. The third-order valence-corrected chi connectivity index (χ3v) is 4.36. The van der Waals surface area contributed by atoms with Crippen LogP contribution in [0.25, 0.3) is 0 Å². The molecule has 22 heavy (non-hydrogen) atoms. The topological polar surface area (TPSA) is 75.2 Å². The number of carbonyl (C=O) groups is 2. The summed E-state index contributed by atoms with van der Waals surface area (Å²) in [6.45, 7) is 2.46. The molecule has 6 nitrogen and oxygen atoms in total.